The Kier molecular flexibility index (Phi) is 9.87. The number of unbranched alkanes of at least 4 members (excludes halogenated alkanes) is 2. The Balaban J connectivity index is 2.46. The van der Waals surface area contributed by atoms with Crippen molar-refractivity contribution < 1.29 is 27.5 Å². The molecule has 0 radical (unpaired) electrons. The molecule has 0 unspecified atom stereocenters. The molecule has 0 saturated carbocycles. The second-order valence-corrected chi connectivity index (χ2v) is 9.36. The van der Waals surface area contributed by atoms with Crippen molar-refractivity contribution >= 4 is 27.6 Å². The van der Waals surface area contributed by atoms with E-state index in [1.165, 1.54) is 41.6 Å². The van der Waals surface area contributed by atoms with Crippen LogP contribution in [0.25, 0.3) is 0 Å². The maximum absolute atomic E-state index is 13.2. The van der Waals surface area contributed by atoms with Gasteiger partial charge in [-0.25, -0.2) is 18.0 Å². The van der Waals surface area contributed by atoms with Gasteiger partial charge in [0.05, 0.1) is 24.7 Å². The number of hydrogen-bond acceptors (Lipinski definition) is 7. The number of hydrogen-bond donors (Lipinski definition) is 0. The molecule has 0 atom stereocenters. The van der Waals surface area contributed by atoms with E-state index < -0.39 is 22.0 Å². The molecular formula is C24H32N2O6S. The highest BCUT2D eigenvalue weighted by Crippen LogP contribution is 2.28. The van der Waals surface area contributed by atoms with Crippen molar-refractivity contribution in [1.82, 2.24) is 4.31 Å². The monoisotopic (exact) mass is 476 g/mol. The number of sulfonamides is 1. The van der Waals surface area contributed by atoms with Gasteiger partial charge in [0.2, 0.25) is 10.0 Å². The van der Waals surface area contributed by atoms with Gasteiger partial charge in [-0.1, -0.05) is 32.8 Å². The van der Waals surface area contributed by atoms with Gasteiger partial charge >= 0.3 is 11.9 Å². The molecule has 0 saturated heterocycles. The van der Waals surface area contributed by atoms with Gasteiger partial charge in [-0.3, -0.25) is 0 Å². The number of carbonyl (C=O) groups excluding carboxylic acids is 2. The first-order valence-electron chi connectivity index (χ1n) is 11.0. The predicted molar refractivity (Wildman–Crippen MR) is 127 cm³/mol. The van der Waals surface area contributed by atoms with E-state index in [9.17, 15) is 18.0 Å². The molecule has 33 heavy (non-hydrogen) atoms. The summed E-state index contributed by atoms with van der Waals surface area (Å²) in [4.78, 5) is 26.5. The van der Waals surface area contributed by atoms with Gasteiger partial charge in [-0.05, 0) is 49.3 Å². The fourth-order valence-corrected chi connectivity index (χ4v) is 4.83. The van der Waals surface area contributed by atoms with Gasteiger partial charge in [-0.2, -0.15) is 4.31 Å². The highest BCUT2D eigenvalue weighted by molar-refractivity contribution is 7.89. The predicted octanol–water partition coefficient (Wildman–Crippen LogP) is 3.77. The Morgan fingerprint density at radius 2 is 1.48 bits per heavy atom. The zero-order valence-corrected chi connectivity index (χ0v) is 20.4. The molecule has 0 fully saturated rings. The third kappa shape index (κ3) is 6.33. The maximum atomic E-state index is 13.2. The lowest BCUT2D eigenvalue weighted by Crippen LogP contribution is -2.33. The Hall–Kier alpha value is -2.91. The highest BCUT2D eigenvalue weighted by atomic mass is 32.2. The van der Waals surface area contributed by atoms with Gasteiger partial charge in [0.15, 0.2) is 0 Å². The van der Waals surface area contributed by atoms with Gasteiger partial charge in [-0.15, -0.1) is 0 Å². The lowest BCUT2D eigenvalue weighted by Gasteiger charge is -2.24. The van der Waals surface area contributed by atoms with Crippen LogP contribution >= 0.6 is 0 Å². The third-order valence-electron chi connectivity index (χ3n) is 5.16. The molecule has 9 heteroatoms. The summed E-state index contributed by atoms with van der Waals surface area (Å²) in [5, 5.41) is 0. The molecule has 8 nitrogen and oxygen atoms in total. The van der Waals surface area contributed by atoms with Crippen LogP contribution in [0.5, 0.6) is 0 Å². The first-order valence-corrected chi connectivity index (χ1v) is 12.4. The molecule has 0 spiro atoms. The Morgan fingerprint density at radius 3 is 2.00 bits per heavy atom. The van der Waals surface area contributed by atoms with Crippen LogP contribution in [-0.2, 0) is 29.1 Å². The molecule has 0 aromatic heterocycles. The molecule has 0 aliphatic carbocycles. The van der Waals surface area contributed by atoms with Gasteiger partial charge < -0.3 is 14.4 Å². The largest absolute Gasteiger partial charge is 0.465 e. The number of ether oxygens (including phenoxy) is 2. The summed E-state index contributed by atoms with van der Waals surface area (Å²) in [6.07, 6.45) is 9.69. The number of rotatable bonds is 11. The van der Waals surface area contributed by atoms with Crippen LogP contribution in [0.15, 0.2) is 64.9 Å². The molecule has 1 aromatic rings. The molecule has 1 aromatic carbocycles. The Bertz CT molecular complexity index is 1020. The number of esters is 2. The first-order chi connectivity index (χ1) is 15.8. The summed E-state index contributed by atoms with van der Waals surface area (Å²) >= 11 is 0. The van der Waals surface area contributed by atoms with Crippen LogP contribution < -0.4 is 4.90 Å². The summed E-state index contributed by atoms with van der Waals surface area (Å²) < 4.78 is 37.7. The summed E-state index contributed by atoms with van der Waals surface area (Å²) in [5.74, 6) is -1.42. The van der Waals surface area contributed by atoms with E-state index in [4.69, 9.17) is 9.47 Å². The summed E-state index contributed by atoms with van der Waals surface area (Å²) in [6, 6.07) is 6.21. The minimum Gasteiger partial charge on any atom is -0.465 e. The molecule has 0 bridgehead atoms. The van der Waals surface area contributed by atoms with Gasteiger partial charge in [0.1, 0.15) is 5.70 Å². The first kappa shape index (κ1) is 26.3. The molecular weight excluding hydrogens is 444 g/mol. The molecule has 180 valence electrons. The standard InChI is InChI=1S/C24H32N2O6S/c1-5-7-16-25(17-8-6-2)33(29,30)20-14-12-19(13-15-20)26-18-10-9-11-21(23(27)31-3)22(26)24(28)32-4/h9-15,18H,5-8,16-17H2,1-4H3. The van der Waals surface area contributed by atoms with Crippen molar-refractivity contribution in [2.45, 2.75) is 44.4 Å². The van der Waals surface area contributed by atoms with Crippen molar-refractivity contribution in [2.24, 2.45) is 0 Å². The number of carbonyl (C=O) groups is 2. The van der Waals surface area contributed by atoms with Gasteiger partial charge in [0, 0.05) is 25.0 Å². The van der Waals surface area contributed by atoms with Crippen LogP contribution in [0.1, 0.15) is 39.5 Å². The van der Waals surface area contributed by atoms with Crippen LogP contribution in [0, 0.1) is 0 Å². The summed E-state index contributed by atoms with van der Waals surface area (Å²) in [6.45, 7) is 4.99. The van der Waals surface area contributed by atoms with Crippen molar-refractivity contribution in [2.75, 3.05) is 32.2 Å². The minimum atomic E-state index is -3.66. The van der Waals surface area contributed by atoms with Crippen molar-refractivity contribution in [1.29, 1.82) is 0 Å². The number of methoxy groups -OCH3 is 2. The van der Waals surface area contributed by atoms with Crippen LogP contribution in [0.2, 0.25) is 0 Å². The van der Waals surface area contributed by atoms with Crippen LogP contribution in [0.3, 0.4) is 0 Å². The van der Waals surface area contributed by atoms with Crippen LogP contribution in [-0.4, -0.2) is 52.0 Å². The van der Waals surface area contributed by atoms with Crippen LogP contribution in [0.4, 0.5) is 5.69 Å². The number of allylic oxidation sites excluding steroid dienone is 2. The fraction of sp³-hybridized carbons (Fsp3) is 0.417. The number of anilines is 1. The molecule has 1 aliphatic rings. The molecule has 0 amide bonds. The quantitative estimate of drug-likeness (QED) is 0.449. The summed E-state index contributed by atoms with van der Waals surface area (Å²) in [5.41, 5.74) is 0.484. The molecule has 1 aliphatic heterocycles. The van der Waals surface area contributed by atoms with Gasteiger partial charge in [0.25, 0.3) is 0 Å². The second kappa shape index (κ2) is 12.4. The lowest BCUT2D eigenvalue weighted by atomic mass is 10.1. The molecule has 2 rings (SSSR count). The average molecular weight is 477 g/mol. The zero-order chi connectivity index (χ0) is 24.4. The molecule has 0 N–H and O–H groups in total. The van der Waals surface area contributed by atoms with Crippen molar-refractivity contribution in [3.05, 3.63) is 60.0 Å². The Labute approximate surface area is 196 Å². The number of benzene rings is 1. The Morgan fingerprint density at radius 1 is 0.909 bits per heavy atom. The SMILES string of the molecule is CCCCN(CCCC)S(=O)(=O)c1ccc(N2C=CC=CC(C(=O)OC)=C2C(=O)OC)cc1. The maximum Gasteiger partial charge on any atom is 0.355 e. The van der Waals surface area contributed by atoms with Crippen molar-refractivity contribution in [3.8, 4) is 0 Å². The minimum absolute atomic E-state index is 0.0244. The average Bonchev–Trinajstić information content (AvgIpc) is 3.06. The normalized spacial score (nSPS) is 13.9. The third-order valence-corrected chi connectivity index (χ3v) is 7.08. The zero-order valence-electron chi connectivity index (χ0n) is 19.6. The molecule has 1 heterocycles. The van der Waals surface area contributed by atoms with E-state index >= 15 is 0 Å². The lowest BCUT2D eigenvalue weighted by molar-refractivity contribution is -0.139. The van der Waals surface area contributed by atoms with E-state index in [1.54, 1.807) is 30.5 Å². The fourth-order valence-electron chi connectivity index (χ4n) is 3.31. The second-order valence-electron chi connectivity index (χ2n) is 7.42. The smallest absolute Gasteiger partial charge is 0.355 e. The van der Waals surface area contributed by atoms with E-state index in [0.29, 0.717) is 18.8 Å². The summed E-state index contributed by atoms with van der Waals surface area (Å²) in [7, 11) is -1.21. The van der Waals surface area contributed by atoms with Crippen molar-refractivity contribution in [3.63, 3.8) is 0 Å². The van der Waals surface area contributed by atoms with E-state index in [-0.39, 0.29) is 16.2 Å². The van der Waals surface area contributed by atoms with E-state index in [1.807, 2.05) is 13.8 Å². The highest BCUT2D eigenvalue weighted by Gasteiger charge is 2.28. The topological polar surface area (TPSA) is 93.2 Å². The van der Waals surface area contributed by atoms with E-state index in [2.05, 4.69) is 0 Å². The number of nitrogens with zero attached hydrogens (tertiary/aromatic N) is 2. The van der Waals surface area contributed by atoms with E-state index in [0.717, 1.165) is 25.7 Å².